The van der Waals surface area contributed by atoms with Crippen LogP contribution in [0.15, 0.2) is 0 Å². The van der Waals surface area contributed by atoms with Crippen LogP contribution in [0.3, 0.4) is 0 Å². The second-order valence-electron chi connectivity index (χ2n) is 6.76. The van der Waals surface area contributed by atoms with Crippen LogP contribution in [0.4, 0.5) is 11.6 Å². The first-order valence-corrected chi connectivity index (χ1v) is 7.33. The lowest BCUT2D eigenvalue weighted by Gasteiger charge is -2.22. The SMILES string of the molecule is CNc1nc(C(C)(C)C)nc(NC2CCN(C)C2)c1C. The molecule has 2 N–H and O–H groups in total. The van der Waals surface area contributed by atoms with E-state index in [-0.39, 0.29) is 5.41 Å². The van der Waals surface area contributed by atoms with Gasteiger partial charge in [-0.15, -0.1) is 0 Å². The van der Waals surface area contributed by atoms with E-state index in [9.17, 15) is 0 Å². The summed E-state index contributed by atoms with van der Waals surface area (Å²) < 4.78 is 0. The molecule has 112 valence electrons. The monoisotopic (exact) mass is 277 g/mol. The zero-order valence-corrected chi connectivity index (χ0v) is 13.5. The Morgan fingerprint density at radius 1 is 1.20 bits per heavy atom. The normalized spacial score (nSPS) is 20.2. The summed E-state index contributed by atoms with van der Waals surface area (Å²) in [5.41, 5.74) is 1.04. The molecular formula is C15H27N5. The number of hydrogen-bond donors (Lipinski definition) is 2. The number of aromatic nitrogens is 2. The molecule has 20 heavy (non-hydrogen) atoms. The van der Waals surface area contributed by atoms with Crippen molar-refractivity contribution in [1.82, 2.24) is 14.9 Å². The minimum Gasteiger partial charge on any atom is -0.373 e. The summed E-state index contributed by atoms with van der Waals surface area (Å²) in [6.45, 7) is 10.7. The maximum atomic E-state index is 4.76. The van der Waals surface area contributed by atoms with Crippen molar-refractivity contribution < 1.29 is 0 Å². The molecule has 0 aliphatic carbocycles. The van der Waals surface area contributed by atoms with Gasteiger partial charge in [0.1, 0.15) is 17.5 Å². The van der Waals surface area contributed by atoms with Gasteiger partial charge in [-0.3, -0.25) is 0 Å². The van der Waals surface area contributed by atoms with E-state index in [0.717, 1.165) is 36.1 Å². The van der Waals surface area contributed by atoms with E-state index >= 15 is 0 Å². The highest BCUT2D eigenvalue weighted by atomic mass is 15.2. The minimum absolute atomic E-state index is 0.0534. The van der Waals surface area contributed by atoms with Crippen molar-refractivity contribution in [3.8, 4) is 0 Å². The molecule has 1 atom stereocenters. The molecule has 1 fully saturated rings. The summed E-state index contributed by atoms with van der Waals surface area (Å²) in [4.78, 5) is 11.7. The van der Waals surface area contributed by atoms with Crippen molar-refractivity contribution in [2.75, 3.05) is 37.8 Å². The van der Waals surface area contributed by atoms with Gasteiger partial charge in [-0.05, 0) is 26.9 Å². The lowest BCUT2D eigenvalue weighted by atomic mass is 9.95. The van der Waals surface area contributed by atoms with Crippen LogP contribution in [0.5, 0.6) is 0 Å². The smallest absolute Gasteiger partial charge is 0.138 e. The first-order chi connectivity index (χ1) is 9.31. The lowest BCUT2D eigenvalue weighted by molar-refractivity contribution is 0.414. The average molecular weight is 277 g/mol. The van der Waals surface area contributed by atoms with E-state index in [1.807, 2.05) is 7.05 Å². The summed E-state index contributed by atoms with van der Waals surface area (Å²) >= 11 is 0. The Morgan fingerprint density at radius 2 is 1.85 bits per heavy atom. The van der Waals surface area contributed by atoms with Gasteiger partial charge in [-0.1, -0.05) is 20.8 Å². The van der Waals surface area contributed by atoms with E-state index in [1.165, 1.54) is 6.42 Å². The van der Waals surface area contributed by atoms with Crippen molar-refractivity contribution in [3.05, 3.63) is 11.4 Å². The van der Waals surface area contributed by atoms with Gasteiger partial charge in [0, 0.05) is 30.6 Å². The summed E-state index contributed by atoms with van der Waals surface area (Å²) in [7, 11) is 4.07. The summed E-state index contributed by atoms with van der Waals surface area (Å²) in [6, 6.07) is 0.478. The number of likely N-dealkylation sites (N-methyl/N-ethyl adjacent to an activating group) is 1. The molecule has 1 aliphatic heterocycles. The van der Waals surface area contributed by atoms with Crippen molar-refractivity contribution in [3.63, 3.8) is 0 Å². The van der Waals surface area contributed by atoms with Crippen LogP contribution < -0.4 is 10.6 Å². The third-order valence-electron chi connectivity index (χ3n) is 3.79. The van der Waals surface area contributed by atoms with Crippen molar-refractivity contribution >= 4 is 11.6 Å². The Hall–Kier alpha value is -1.36. The van der Waals surface area contributed by atoms with Gasteiger partial charge < -0.3 is 15.5 Å². The quantitative estimate of drug-likeness (QED) is 0.887. The average Bonchev–Trinajstić information content (AvgIpc) is 2.76. The second kappa shape index (κ2) is 5.56. The molecule has 0 bridgehead atoms. The number of anilines is 2. The predicted molar refractivity (Wildman–Crippen MR) is 84.5 cm³/mol. The second-order valence-corrected chi connectivity index (χ2v) is 6.76. The maximum absolute atomic E-state index is 4.76. The predicted octanol–water partition coefficient (Wildman–Crippen LogP) is 2.24. The molecule has 1 aromatic heterocycles. The number of nitrogens with zero attached hydrogens (tertiary/aromatic N) is 3. The fourth-order valence-corrected chi connectivity index (χ4v) is 2.48. The Morgan fingerprint density at radius 3 is 2.35 bits per heavy atom. The number of hydrogen-bond acceptors (Lipinski definition) is 5. The molecule has 1 aliphatic rings. The summed E-state index contributed by atoms with van der Waals surface area (Å²) in [6.07, 6.45) is 1.17. The fraction of sp³-hybridized carbons (Fsp3) is 0.733. The molecule has 0 radical (unpaired) electrons. The minimum atomic E-state index is -0.0534. The van der Waals surface area contributed by atoms with Crippen LogP contribution in [-0.4, -0.2) is 48.1 Å². The molecule has 2 heterocycles. The molecule has 0 amide bonds. The van der Waals surface area contributed by atoms with E-state index in [2.05, 4.69) is 55.3 Å². The van der Waals surface area contributed by atoms with E-state index in [0.29, 0.717) is 6.04 Å². The van der Waals surface area contributed by atoms with Gasteiger partial charge in [0.15, 0.2) is 0 Å². The molecule has 0 spiro atoms. The highest BCUT2D eigenvalue weighted by Gasteiger charge is 2.24. The van der Waals surface area contributed by atoms with E-state index < -0.39 is 0 Å². The van der Waals surface area contributed by atoms with Crippen LogP contribution in [0, 0.1) is 6.92 Å². The highest BCUT2D eigenvalue weighted by molar-refractivity contribution is 5.57. The third-order valence-corrected chi connectivity index (χ3v) is 3.79. The Balaban J connectivity index is 2.31. The zero-order valence-electron chi connectivity index (χ0n) is 13.5. The number of nitrogens with one attached hydrogen (secondary N) is 2. The van der Waals surface area contributed by atoms with Gasteiger partial charge in [0.2, 0.25) is 0 Å². The van der Waals surface area contributed by atoms with Gasteiger partial charge in [0.25, 0.3) is 0 Å². The number of likely N-dealkylation sites (tertiary alicyclic amines) is 1. The van der Waals surface area contributed by atoms with Crippen LogP contribution in [0.25, 0.3) is 0 Å². The molecule has 1 saturated heterocycles. The topological polar surface area (TPSA) is 53.1 Å². The van der Waals surface area contributed by atoms with Crippen LogP contribution in [0.1, 0.15) is 38.6 Å². The molecule has 5 nitrogen and oxygen atoms in total. The Kier molecular flexibility index (Phi) is 4.18. The molecular weight excluding hydrogens is 250 g/mol. The molecule has 1 aromatic rings. The third kappa shape index (κ3) is 3.20. The van der Waals surface area contributed by atoms with Crippen molar-refractivity contribution in [1.29, 1.82) is 0 Å². The van der Waals surface area contributed by atoms with E-state index in [4.69, 9.17) is 4.98 Å². The fourth-order valence-electron chi connectivity index (χ4n) is 2.48. The zero-order chi connectivity index (χ0) is 14.9. The van der Waals surface area contributed by atoms with Crippen LogP contribution in [0.2, 0.25) is 0 Å². The first-order valence-electron chi connectivity index (χ1n) is 7.33. The molecule has 2 rings (SSSR count). The van der Waals surface area contributed by atoms with E-state index in [1.54, 1.807) is 0 Å². The Bertz CT molecular complexity index is 478. The standard InChI is InChI=1S/C15H27N5/c1-10-12(16-5)18-14(15(2,3)4)19-13(10)17-11-7-8-20(6)9-11/h11H,7-9H2,1-6H3,(H2,16,17,18,19). The molecule has 1 unspecified atom stereocenters. The molecule has 0 saturated carbocycles. The highest BCUT2D eigenvalue weighted by Crippen LogP contribution is 2.27. The van der Waals surface area contributed by atoms with Crippen molar-refractivity contribution in [2.24, 2.45) is 0 Å². The largest absolute Gasteiger partial charge is 0.373 e. The Labute approximate surface area is 122 Å². The summed E-state index contributed by atoms with van der Waals surface area (Å²) in [5, 5.41) is 6.77. The van der Waals surface area contributed by atoms with Crippen molar-refractivity contribution in [2.45, 2.75) is 45.6 Å². The first kappa shape index (κ1) is 15.0. The van der Waals surface area contributed by atoms with Crippen LogP contribution >= 0.6 is 0 Å². The van der Waals surface area contributed by atoms with Crippen LogP contribution in [-0.2, 0) is 5.41 Å². The maximum Gasteiger partial charge on any atom is 0.138 e. The molecule has 5 heteroatoms. The number of rotatable bonds is 3. The summed E-state index contributed by atoms with van der Waals surface area (Å²) in [5.74, 6) is 2.76. The lowest BCUT2D eigenvalue weighted by Crippen LogP contribution is -2.26. The van der Waals surface area contributed by atoms with Gasteiger partial charge in [-0.2, -0.15) is 0 Å². The molecule has 0 aromatic carbocycles. The van der Waals surface area contributed by atoms with Gasteiger partial charge >= 0.3 is 0 Å². The van der Waals surface area contributed by atoms with Gasteiger partial charge in [-0.25, -0.2) is 9.97 Å². The van der Waals surface area contributed by atoms with Gasteiger partial charge in [0.05, 0.1) is 0 Å².